The van der Waals surface area contributed by atoms with E-state index in [1.54, 1.807) is 6.07 Å². The number of hydrogen-bond donors (Lipinski definition) is 1. The summed E-state index contributed by atoms with van der Waals surface area (Å²) in [6.45, 7) is 1.02. The van der Waals surface area contributed by atoms with E-state index in [1.807, 2.05) is 48.5 Å². The Bertz CT molecular complexity index is 777. The molecule has 2 aromatic carbocycles. The molecule has 0 atom stereocenters. The Morgan fingerprint density at radius 3 is 2.64 bits per heavy atom. The lowest BCUT2D eigenvalue weighted by atomic mass is 10.1. The Hall–Kier alpha value is -2.59. The fraction of sp³-hybridized carbons (Fsp3) is 0.167. The highest BCUT2D eigenvalue weighted by Gasteiger charge is 2.12. The molecule has 22 heavy (non-hydrogen) atoms. The summed E-state index contributed by atoms with van der Waals surface area (Å²) < 4.78 is 10.5. The molecule has 0 aliphatic heterocycles. The van der Waals surface area contributed by atoms with Gasteiger partial charge in [-0.1, -0.05) is 36.4 Å². The molecule has 0 bridgehead atoms. The number of carbonyl (C=O) groups excluding carboxylic acids is 1. The maximum Gasteiger partial charge on any atom is 0.338 e. The zero-order valence-electron chi connectivity index (χ0n) is 12.3. The van der Waals surface area contributed by atoms with Gasteiger partial charge in [-0.05, 0) is 23.8 Å². The minimum atomic E-state index is -0.332. The zero-order chi connectivity index (χ0) is 15.4. The molecule has 3 rings (SSSR count). The van der Waals surface area contributed by atoms with Crippen molar-refractivity contribution < 1.29 is 14.3 Å². The maximum absolute atomic E-state index is 11.8. The zero-order valence-corrected chi connectivity index (χ0v) is 12.3. The van der Waals surface area contributed by atoms with Gasteiger partial charge in [0.2, 0.25) is 0 Å². The number of fused-ring (bicyclic) bond motifs is 1. The first kappa shape index (κ1) is 14.4. The van der Waals surface area contributed by atoms with Crippen molar-refractivity contribution in [3.05, 3.63) is 71.4 Å². The lowest BCUT2D eigenvalue weighted by Gasteiger charge is -2.02. The highest BCUT2D eigenvalue weighted by molar-refractivity contribution is 6.03. The monoisotopic (exact) mass is 295 g/mol. The van der Waals surface area contributed by atoms with Crippen molar-refractivity contribution in [3.63, 3.8) is 0 Å². The minimum absolute atomic E-state index is 0.332. The molecule has 0 aliphatic carbocycles. The smallest absolute Gasteiger partial charge is 0.338 e. The Labute approximate surface area is 128 Å². The van der Waals surface area contributed by atoms with Gasteiger partial charge in [-0.15, -0.1) is 0 Å². The topological polar surface area (TPSA) is 51.3 Å². The van der Waals surface area contributed by atoms with Crippen LogP contribution in [-0.2, 0) is 22.7 Å². The van der Waals surface area contributed by atoms with Gasteiger partial charge in [0, 0.05) is 16.6 Å². The number of ether oxygens (including phenoxy) is 2. The third-order valence-corrected chi connectivity index (χ3v) is 3.49. The molecule has 112 valence electrons. The summed E-state index contributed by atoms with van der Waals surface area (Å²) in [5.74, 6) is -0.332. The number of methoxy groups -OCH3 is 1. The van der Waals surface area contributed by atoms with Crippen molar-refractivity contribution in [2.24, 2.45) is 0 Å². The summed E-state index contributed by atoms with van der Waals surface area (Å²) in [6.07, 6.45) is 0. The maximum atomic E-state index is 11.8. The van der Waals surface area contributed by atoms with Crippen LogP contribution in [0.3, 0.4) is 0 Å². The van der Waals surface area contributed by atoms with Gasteiger partial charge in [-0.3, -0.25) is 0 Å². The largest absolute Gasteiger partial charge is 0.465 e. The van der Waals surface area contributed by atoms with Crippen LogP contribution in [0.15, 0.2) is 54.6 Å². The van der Waals surface area contributed by atoms with Gasteiger partial charge in [0.1, 0.15) is 0 Å². The van der Waals surface area contributed by atoms with Gasteiger partial charge in [0.15, 0.2) is 0 Å². The van der Waals surface area contributed by atoms with Gasteiger partial charge in [0.05, 0.1) is 25.9 Å². The Morgan fingerprint density at radius 1 is 1.05 bits per heavy atom. The SMILES string of the molecule is COC(=O)c1cccc2[nH]c(COCc3ccccc3)cc12. The van der Waals surface area contributed by atoms with Gasteiger partial charge >= 0.3 is 5.97 Å². The quantitative estimate of drug-likeness (QED) is 0.731. The number of carbonyl (C=O) groups is 1. The van der Waals surface area contributed by atoms with E-state index in [0.29, 0.717) is 18.8 Å². The van der Waals surface area contributed by atoms with Crippen LogP contribution < -0.4 is 0 Å². The summed E-state index contributed by atoms with van der Waals surface area (Å²) in [6, 6.07) is 17.5. The molecule has 4 nitrogen and oxygen atoms in total. The van der Waals surface area contributed by atoms with Crippen LogP contribution in [0, 0.1) is 0 Å². The molecule has 1 N–H and O–H groups in total. The first-order valence-corrected chi connectivity index (χ1v) is 7.08. The van der Waals surface area contributed by atoms with E-state index < -0.39 is 0 Å². The number of aromatic amines is 1. The molecular formula is C18H17NO3. The summed E-state index contributed by atoms with van der Waals surface area (Å²) in [5.41, 5.74) is 3.53. The number of hydrogen-bond acceptors (Lipinski definition) is 3. The Kier molecular flexibility index (Phi) is 4.21. The second kappa shape index (κ2) is 6.45. The molecule has 0 radical (unpaired) electrons. The van der Waals surface area contributed by atoms with Crippen molar-refractivity contribution in [2.75, 3.05) is 7.11 Å². The van der Waals surface area contributed by atoms with Crippen LogP contribution in [-0.4, -0.2) is 18.1 Å². The second-order valence-corrected chi connectivity index (χ2v) is 5.03. The predicted molar refractivity (Wildman–Crippen MR) is 84.6 cm³/mol. The van der Waals surface area contributed by atoms with E-state index >= 15 is 0 Å². The third-order valence-electron chi connectivity index (χ3n) is 3.49. The predicted octanol–water partition coefficient (Wildman–Crippen LogP) is 3.67. The molecule has 1 aromatic heterocycles. The van der Waals surface area contributed by atoms with E-state index in [1.165, 1.54) is 7.11 Å². The second-order valence-electron chi connectivity index (χ2n) is 5.03. The Morgan fingerprint density at radius 2 is 1.86 bits per heavy atom. The van der Waals surface area contributed by atoms with E-state index in [-0.39, 0.29) is 5.97 Å². The molecule has 0 saturated carbocycles. The molecule has 0 amide bonds. The number of nitrogens with one attached hydrogen (secondary N) is 1. The normalized spacial score (nSPS) is 10.8. The van der Waals surface area contributed by atoms with Crippen LogP contribution in [0.2, 0.25) is 0 Å². The van der Waals surface area contributed by atoms with Gasteiger partial charge in [0.25, 0.3) is 0 Å². The van der Waals surface area contributed by atoms with Crippen LogP contribution in [0.4, 0.5) is 0 Å². The number of aromatic nitrogens is 1. The highest BCUT2D eigenvalue weighted by Crippen LogP contribution is 2.21. The van der Waals surface area contributed by atoms with Crippen LogP contribution in [0.5, 0.6) is 0 Å². The van der Waals surface area contributed by atoms with Gasteiger partial charge < -0.3 is 14.5 Å². The first-order chi connectivity index (χ1) is 10.8. The van der Waals surface area contributed by atoms with Crippen LogP contribution in [0.1, 0.15) is 21.6 Å². The summed E-state index contributed by atoms with van der Waals surface area (Å²) in [5, 5.41) is 0.854. The Balaban J connectivity index is 1.74. The molecule has 0 saturated heterocycles. The van der Waals surface area contributed by atoms with E-state index in [9.17, 15) is 4.79 Å². The minimum Gasteiger partial charge on any atom is -0.465 e. The van der Waals surface area contributed by atoms with Gasteiger partial charge in [-0.2, -0.15) is 0 Å². The average Bonchev–Trinajstić information content (AvgIpc) is 2.98. The van der Waals surface area contributed by atoms with E-state index in [2.05, 4.69) is 4.98 Å². The van der Waals surface area contributed by atoms with Crippen LogP contribution >= 0.6 is 0 Å². The number of benzene rings is 2. The molecule has 0 aliphatic rings. The number of H-pyrrole nitrogens is 1. The summed E-state index contributed by atoms with van der Waals surface area (Å²) in [4.78, 5) is 15.0. The van der Waals surface area contributed by atoms with Crippen molar-refractivity contribution in [3.8, 4) is 0 Å². The molecule has 0 spiro atoms. The van der Waals surface area contributed by atoms with E-state index in [4.69, 9.17) is 9.47 Å². The summed E-state index contributed by atoms with van der Waals surface area (Å²) >= 11 is 0. The van der Waals surface area contributed by atoms with Gasteiger partial charge in [-0.25, -0.2) is 4.79 Å². The molecule has 0 fully saturated rings. The lowest BCUT2D eigenvalue weighted by Crippen LogP contribution is -2.00. The molecule has 1 heterocycles. The van der Waals surface area contributed by atoms with Crippen molar-refractivity contribution in [1.82, 2.24) is 4.98 Å². The standard InChI is InChI=1S/C18H17NO3/c1-21-18(20)15-8-5-9-17-16(15)10-14(19-17)12-22-11-13-6-3-2-4-7-13/h2-10,19H,11-12H2,1H3. The average molecular weight is 295 g/mol. The first-order valence-electron chi connectivity index (χ1n) is 7.08. The molecule has 4 heteroatoms. The highest BCUT2D eigenvalue weighted by atomic mass is 16.5. The number of rotatable bonds is 5. The van der Waals surface area contributed by atoms with Crippen molar-refractivity contribution in [1.29, 1.82) is 0 Å². The lowest BCUT2D eigenvalue weighted by molar-refractivity contribution is 0.0603. The van der Waals surface area contributed by atoms with E-state index in [0.717, 1.165) is 22.2 Å². The van der Waals surface area contributed by atoms with Crippen LogP contribution in [0.25, 0.3) is 10.9 Å². The molecular weight excluding hydrogens is 278 g/mol. The number of esters is 1. The molecule has 0 unspecified atom stereocenters. The molecule has 3 aromatic rings. The fourth-order valence-electron chi connectivity index (χ4n) is 2.43. The van der Waals surface area contributed by atoms with Crippen molar-refractivity contribution >= 4 is 16.9 Å². The van der Waals surface area contributed by atoms with Crippen molar-refractivity contribution in [2.45, 2.75) is 13.2 Å². The summed E-state index contributed by atoms with van der Waals surface area (Å²) in [7, 11) is 1.39. The fourth-order valence-corrected chi connectivity index (χ4v) is 2.43. The third kappa shape index (κ3) is 3.02.